The number of carbonyl (C=O) groups is 1. The zero-order chi connectivity index (χ0) is 22.3. The van der Waals surface area contributed by atoms with Gasteiger partial charge in [-0.25, -0.2) is 0 Å². The van der Waals surface area contributed by atoms with Crippen molar-refractivity contribution in [1.29, 1.82) is 0 Å². The molecule has 1 aromatic carbocycles. The Morgan fingerprint density at radius 2 is 1.68 bits per heavy atom. The number of carbonyl (C=O) groups excluding carboxylic acids is 1. The molecule has 0 N–H and O–H groups in total. The molecule has 2 unspecified atom stereocenters. The molecule has 2 aliphatic rings. The van der Waals surface area contributed by atoms with Gasteiger partial charge in [-0.3, -0.25) is 4.79 Å². The van der Waals surface area contributed by atoms with Crippen LogP contribution in [0.25, 0.3) is 6.08 Å². The summed E-state index contributed by atoms with van der Waals surface area (Å²) in [7, 11) is 0. The van der Waals surface area contributed by atoms with E-state index in [2.05, 4.69) is 23.6 Å². The average molecular weight is 429 g/mol. The SMILES string of the molecule is C=CC(=C=Cc1ccc(OC2CCCCO2)cc1)OC1CCCCO1.C=COC(C)=O. The van der Waals surface area contributed by atoms with E-state index >= 15 is 0 Å². The first kappa shape index (κ1) is 24.5. The highest BCUT2D eigenvalue weighted by Crippen LogP contribution is 2.20. The van der Waals surface area contributed by atoms with Crippen LogP contribution in [-0.2, 0) is 23.7 Å². The van der Waals surface area contributed by atoms with Gasteiger partial charge in [0.05, 0.1) is 19.5 Å². The minimum absolute atomic E-state index is 0.119. The van der Waals surface area contributed by atoms with Crippen LogP contribution in [0.1, 0.15) is 51.0 Å². The van der Waals surface area contributed by atoms with Crippen molar-refractivity contribution in [3.63, 3.8) is 0 Å². The van der Waals surface area contributed by atoms with Gasteiger partial charge in [-0.05, 0) is 55.5 Å². The highest BCUT2D eigenvalue weighted by Gasteiger charge is 2.16. The fourth-order valence-corrected chi connectivity index (χ4v) is 2.96. The van der Waals surface area contributed by atoms with E-state index in [1.54, 1.807) is 6.08 Å². The fraction of sp³-hybridized carbons (Fsp3) is 0.440. The third kappa shape index (κ3) is 10.2. The van der Waals surface area contributed by atoms with E-state index in [1.165, 1.54) is 6.92 Å². The van der Waals surface area contributed by atoms with E-state index in [1.807, 2.05) is 30.3 Å². The van der Waals surface area contributed by atoms with Crippen LogP contribution in [0.15, 0.2) is 61.3 Å². The van der Waals surface area contributed by atoms with Gasteiger partial charge in [0.25, 0.3) is 0 Å². The summed E-state index contributed by atoms with van der Waals surface area (Å²) >= 11 is 0. The molecule has 0 bridgehead atoms. The maximum absolute atomic E-state index is 9.75. The molecule has 6 nitrogen and oxygen atoms in total. The van der Waals surface area contributed by atoms with E-state index in [0.29, 0.717) is 5.76 Å². The van der Waals surface area contributed by atoms with Crippen LogP contribution in [0.5, 0.6) is 5.75 Å². The van der Waals surface area contributed by atoms with Crippen LogP contribution >= 0.6 is 0 Å². The van der Waals surface area contributed by atoms with Crippen LogP contribution < -0.4 is 4.74 Å². The zero-order valence-electron chi connectivity index (χ0n) is 18.2. The smallest absolute Gasteiger partial charge is 0.307 e. The lowest BCUT2D eigenvalue weighted by Crippen LogP contribution is -2.24. The molecule has 2 fully saturated rings. The lowest BCUT2D eigenvalue weighted by atomic mass is 10.2. The van der Waals surface area contributed by atoms with Crippen molar-refractivity contribution in [3.05, 3.63) is 66.8 Å². The van der Waals surface area contributed by atoms with Crippen molar-refractivity contribution in [2.75, 3.05) is 13.2 Å². The summed E-state index contributed by atoms with van der Waals surface area (Å²) in [6.45, 7) is 9.80. The van der Waals surface area contributed by atoms with Crippen LogP contribution in [0.3, 0.4) is 0 Å². The van der Waals surface area contributed by atoms with Crippen molar-refractivity contribution >= 4 is 12.0 Å². The van der Waals surface area contributed by atoms with Crippen LogP contribution in [-0.4, -0.2) is 31.8 Å². The summed E-state index contributed by atoms with van der Waals surface area (Å²) in [5.41, 5.74) is 4.16. The van der Waals surface area contributed by atoms with Crippen LogP contribution in [0, 0.1) is 0 Å². The first-order valence-electron chi connectivity index (χ1n) is 10.6. The molecular formula is C25H32O6. The average Bonchev–Trinajstić information content (AvgIpc) is 2.79. The topological polar surface area (TPSA) is 63.2 Å². The Labute approximate surface area is 184 Å². The minimum Gasteiger partial charge on any atom is -0.465 e. The lowest BCUT2D eigenvalue weighted by Gasteiger charge is -2.23. The quantitative estimate of drug-likeness (QED) is 0.247. The van der Waals surface area contributed by atoms with Crippen LogP contribution in [0.2, 0.25) is 0 Å². The Kier molecular flexibility index (Phi) is 11.3. The summed E-state index contributed by atoms with van der Waals surface area (Å²) in [6, 6.07) is 7.88. The normalized spacial score (nSPS) is 20.0. The van der Waals surface area contributed by atoms with Crippen LogP contribution in [0.4, 0.5) is 0 Å². The number of esters is 1. The molecule has 2 aliphatic heterocycles. The van der Waals surface area contributed by atoms with Gasteiger partial charge in [0.15, 0.2) is 12.0 Å². The third-order valence-electron chi connectivity index (χ3n) is 4.50. The third-order valence-corrected chi connectivity index (χ3v) is 4.50. The standard InChI is InChI=1S/C21H26O4.C4H6O2/c1-2-18(24-20-7-3-5-15-22-20)12-9-17-10-13-19(14-11-17)25-21-8-4-6-16-23-21;1-3-6-4(2)5/h2,9-11,13-14,20-21H,1,3-8,15-16H2;3H,1H2,2H3. The van der Waals surface area contributed by atoms with Gasteiger partial charge < -0.3 is 23.7 Å². The fourth-order valence-electron chi connectivity index (χ4n) is 2.96. The molecule has 0 aliphatic carbocycles. The van der Waals surface area contributed by atoms with Gasteiger partial charge in [0.1, 0.15) is 5.75 Å². The molecule has 0 saturated carbocycles. The number of ether oxygens (including phenoxy) is 5. The lowest BCUT2D eigenvalue weighted by molar-refractivity contribution is -0.136. The Morgan fingerprint density at radius 3 is 2.16 bits per heavy atom. The number of hydrogen-bond donors (Lipinski definition) is 0. The largest absolute Gasteiger partial charge is 0.465 e. The van der Waals surface area contributed by atoms with E-state index in [-0.39, 0.29) is 18.5 Å². The first-order valence-corrected chi connectivity index (χ1v) is 10.6. The summed E-state index contributed by atoms with van der Waals surface area (Å²) in [6.07, 6.45) is 10.7. The number of allylic oxidation sites excluding steroid dienone is 1. The number of hydrogen-bond acceptors (Lipinski definition) is 6. The van der Waals surface area contributed by atoms with E-state index in [4.69, 9.17) is 18.9 Å². The molecule has 2 saturated heterocycles. The Morgan fingerprint density at radius 1 is 1.03 bits per heavy atom. The van der Waals surface area contributed by atoms with E-state index in [9.17, 15) is 4.79 Å². The molecule has 0 spiro atoms. The van der Waals surface area contributed by atoms with Gasteiger partial charge in [-0.15, -0.1) is 0 Å². The van der Waals surface area contributed by atoms with E-state index < -0.39 is 0 Å². The second-order valence-corrected chi connectivity index (χ2v) is 7.03. The monoisotopic (exact) mass is 428 g/mol. The summed E-state index contributed by atoms with van der Waals surface area (Å²) in [5, 5.41) is 0. The van der Waals surface area contributed by atoms with Gasteiger partial charge in [0.2, 0.25) is 6.29 Å². The highest BCUT2D eigenvalue weighted by molar-refractivity contribution is 5.66. The van der Waals surface area contributed by atoms with Crippen molar-refractivity contribution in [2.45, 2.75) is 58.0 Å². The second kappa shape index (κ2) is 14.3. The molecule has 0 amide bonds. The van der Waals surface area contributed by atoms with Crippen molar-refractivity contribution in [2.24, 2.45) is 0 Å². The van der Waals surface area contributed by atoms with Gasteiger partial charge in [-0.2, -0.15) is 0 Å². The number of benzene rings is 1. The highest BCUT2D eigenvalue weighted by atomic mass is 16.7. The zero-order valence-corrected chi connectivity index (χ0v) is 18.2. The Balaban J connectivity index is 0.000000501. The molecule has 0 radical (unpaired) electrons. The summed E-state index contributed by atoms with van der Waals surface area (Å²) < 4.78 is 27.0. The predicted molar refractivity (Wildman–Crippen MR) is 119 cm³/mol. The molecular weight excluding hydrogens is 396 g/mol. The second-order valence-electron chi connectivity index (χ2n) is 7.03. The molecule has 2 heterocycles. The van der Waals surface area contributed by atoms with Crippen molar-refractivity contribution in [3.8, 4) is 5.75 Å². The Hall–Kier alpha value is -2.79. The predicted octanol–water partition coefficient (Wildman–Crippen LogP) is 5.51. The Bertz CT molecular complexity index is 749. The summed E-state index contributed by atoms with van der Waals surface area (Å²) in [5.74, 6) is 1.09. The van der Waals surface area contributed by atoms with E-state index in [0.717, 1.165) is 69.3 Å². The molecule has 0 aromatic heterocycles. The minimum atomic E-state index is -0.329. The molecule has 1 aromatic rings. The maximum atomic E-state index is 9.75. The molecule has 3 rings (SSSR count). The molecule has 2 atom stereocenters. The van der Waals surface area contributed by atoms with Gasteiger partial charge >= 0.3 is 5.97 Å². The van der Waals surface area contributed by atoms with Crippen molar-refractivity contribution in [1.82, 2.24) is 0 Å². The van der Waals surface area contributed by atoms with Gasteiger partial charge in [0, 0.05) is 19.8 Å². The van der Waals surface area contributed by atoms with Gasteiger partial charge in [-0.1, -0.05) is 31.0 Å². The molecule has 31 heavy (non-hydrogen) atoms. The maximum Gasteiger partial charge on any atom is 0.307 e. The molecule has 168 valence electrons. The molecule has 6 heteroatoms. The summed E-state index contributed by atoms with van der Waals surface area (Å²) in [4.78, 5) is 9.75. The first-order chi connectivity index (χ1) is 15.1. The number of rotatable bonds is 7. The van der Waals surface area contributed by atoms with Crippen molar-refractivity contribution < 1.29 is 28.5 Å².